The topological polar surface area (TPSA) is 66.6 Å². The second kappa shape index (κ2) is 13.3. The molecule has 0 saturated carbocycles. The summed E-state index contributed by atoms with van der Waals surface area (Å²) in [4.78, 5) is 12.9. The molecule has 0 atom stereocenters. The van der Waals surface area contributed by atoms with Gasteiger partial charge in [-0.2, -0.15) is 0 Å². The first-order chi connectivity index (χ1) is 10.2. The van der Waals surface area contributed by atoms with Crippen LogP contribution in [-0.4, -0.2) is 59.2 Å². The first-order valence-electron chi connectivity index (χ1n) is 8.35. The number of unbranched alkanes of at least 4 members (excludes halogenated alkanes) is 6. The second-order valence-corrected chi connectivity index (χ2v) is 5.79. The van der Waals surface area contributed by atoms with Gasteiger partial charge in [0.25, 0.3) is 0 Å². The molecule has 0 fully saturated rings. The van der Waals surface area contributed by atoms with E-state index in [2.05, 4.69) is 11.8 Å². The number of carbonyl (C=O) groups is 1. The number of hydrogen-bond acceptors (Lipinski definition) is 4. The van der Waals surface area contributed by atoms with Gasteiger partial charge in [-0.3, -0.25) is 9.48 Å². The Kier molecular flexibility index (Phi) is 13.3. The Bertz CT molecular complexity index is 348. The molecule has 5 nitrogen and oxygen atoms in total. The van der Waals surface area contributed by atoms with Crippen LogP contribution in [0.25, 0.3) is 0 Å². The number of carbonyl (C=O) groups excluding carboxylic acids is 1. The van der Waals surface area contributed by atoms with Crippen molar-refractivity contribution >= 4 is 11.8 Å². The van der Waals surface area contributed by atoms with Crippen molar-refractivity contribution in [3.63, 3.8) is 0 Å². The van der Waals surface area contributed by atoms with Crippen LogP contribution in [0.15, 0.2) is 0 Å². The maximum atomic E-state index is 10.8. The predicted octanol–water partition coefficient (Wildman–Crippen LogP) is -2.40. The molecule has 1 N–H and O–H groups in total. The van der Waals surface area contributed by atoms with E-state index in [1.807, 2.05) is 4.58 Å². The Morgan fingerprint density at radius 3 is 2.45 bits per heavy atom. The van der Waals surface area contributed by atoms with E-state index in [-0.39, 0.29) is 42.7 Å². The molecule has 122 valence electrons. The molecule has 0 aromatic rings. The molecule has 1 aliphatic rings. The van der Waals surface area contributed by atoms with Crippen molar-refractivity contribution in [3.8, 4) is 0 Å². The third-order valence-electron chi connectivity index (χ3n) is 4.06. The van der Waals surface area contributed by atoms with Crippen molar-refractivity contribution in [2.45, 2.75) is 58.3 Å². The maximum absolute atomic E-state index is 10.8. The molecule has 0 amide bonds. The number of aliphatic hydroxyl groups is 1. The summed E-state index contributed by atoms with van der Waals surface area (Å²) in [6, 6.07) is 0. The van der Waals surface area contributed by atoms with Gasteiger partial charge in [0.05, 0.1) is 12.6 Å². The number of aliphatic carboxylic acids is 1. The van der Waals surface area contributed by atoms with Crippen molar-refractivity contribution in [1.82, 2.24) is 4.90 Å². The number of carboxylic acids is 1. The number of β-amino-alcohol motifs (C(OH)–C–C–N with tert-alkyl or cyclic N) is 1. The molecule has 0 saturated heterocycles. The van der Waals surface area contributed by atoms with Crippen molar-refractivity contribution in [3.05, 3.63) is 0 Å². The van der Waals surface area contributed by atoms with Gasteiger partial charge in [0.2, 0.25) is 5.84 Å². The summed E-state index contributed by atoms with van der Waals surface area (Å²) in [5.41, 5.74) is 0. The van der Waals surface area contributed by atoms with Gasteiger partial charge in [0.1, 0.15) is 26.2 Å². The van der Waals surface area contributed by atoms with E-state index in [1.54, 1.807) is 0 Å². The number of amidine groups is 1. The Balaban J connectivity index is 0.00000441. The molecule has 0 aliphatic carbocycles. The van der Waals surface area contributed by atoms with E-state index in [0.29, 0.717) is 6.54 Å². The fourth-order valence-electron chi connectivity index (χ4n) is 2.94. The van der Waals surface area contributed by atoms with Crippen LogP contribution < -0.4 is 34.7 Å². The molecule has 0 bridgehead atoms. The number of nitrogens with zero attached hydrogens (tertiary/aromatic N) is 2. The first kappa shape index (κ1) is 21.9. The molecule has 1 heterocycles. The zero-order chi connectivity index (χ0) is 15.5. The van der Waals surface area contributed by atoms with Crippen LogP contribution in [0.4, 0.5) is 0 Å². The van der Waals surface area contributed by atoms with Crippen molar-refractivity contribution in [1.29, 1.82) is 0 Å². The minimum absolute atomic E-state index is 0. The molecule has 22 heavy (non-hydrogen) atoms. The van der Waals surface area contributed by atoms with Crippen molar-refractivity contribution in [2.75, 3.05) is 32.8 Å². The molecular formula is C16H30N2NaO3+. The van der Waals surface area contributed by atoms with Gasteiger partial charge >= 0.3 is 29.6 Å². The normalized spacial score (nSPS) is 14.4. The van der Waals surface area contributed by atoms with Crippen molar-refractivity contribution in [2.24, 2.45) is 0 Å². The Morgan fingerprint density at radius 1 is 1.23 bits per heavy atom. The molecule has 1 aliphatic heterocycles. The Morgan fingerprint density at radius 2 is 1.86 bits per heavy atom. The quantitative estimate of drug-likeness (QED) is 0.247. The van der Waals surface area contributed by atoms with E-state index in [4.69, 9.17) is 5.11 Å². The summed E-state index contributed by atoms with van der Waals surface area (Å²) in [5, 5.41) is 19.9. The van der Waals surface area contributed by atoms with Gasteiger partial charge in [-0.05, 0) is 6.42 Å². The third-order valence-corrected chi connectivity index (χ3v) is 4.06. The average Bonchev–Trinajstić information content (AvgIpc) is 2.80. The van der Waals surface area contributed by atoms with E-state index in [0.717, 1.165) is 31.8 Å². The van der Waals surface area contributed by atoms with Gasteiger partial charge in [0.15, 0.2) is 0 Å². The zero-order valence-corrected chi connectivity index (χ0v) is 16.4. The van der Waals surface area contributed by atoms with E-state index in [1.165, 1.54) is 38.5 Å². The van der Waals surface area contributed by atoms with E-state index in [9.17, 15) is 9.90 Å². The fraction of sp³-hybridized carbons (Fsp3) is 0.875. The number of carboxylic acid groups (broad SMARTS) is 1. The summed E-state index contributed by atoms with van der Waals surface area (Å²) in [6.07, 6.45) is 9.65. The molecular weight excluding hydrogens is 291 g/mol. The van der Waals surface area contributed by atoms with Crippen LogP contribution in [-0.2, 0) is 4.79 Å². The largest absolute Gasteiger partial charge is 1.00 e. The van der Waals surface area contributed by atoms with Crippen LogP contribution in [0.3, 0.4) is 0 Å². The summed E-state index contributed by atoms with van der Waals surface area (Å²) in [5.74, 6) is 0.0414. The van der Waals surface area contributed by atoms with Crippen LogP contribution in [0, 0.1) is 0 Å². The SMILES string of the molecule is CCCCCCCCCC1=[N+](CC(=O)[O-])CCN1CCO.[Na+]. The van der Waals surface area contributed by atoms with Gasteiger partial charge in [0, 0.05) is 6.42 Å². The second-order valence-electron chi connectivity index (χ2n) is 5.79. The fourth-order valence-corrected chi connectivity index (χ4v) is 2.94. The van der Waals surface area contributed by atoms with Gasteiger partial charge < -0.3 is 15.0 Å². The molecule has 0 aromatic heterocycles. The summed E-state index contributed by atoms with van der Waals surface area (Å²) >= 11 is 0. The molecule has 0 spiro atoms. The van der Waals surface area contributed by atoms with Gasteiger partial charge in [-0.25, -0.2) is 0 Å². The van der Waals surface area contributed by atoms with Crippen LogP contribution in [0.1, 0.15) is 58.3 Å². The van der Waals surface area contributed by atoms with E-state index >= 15 is 0 Å². The van der Waals surface area contributed by atoms with Crippen molar-refractivity contribution < 1.29 is 49.1 Å². The Hall–Kier alpha value is -0.100. The van der Waals surface area contributed by atoms with Crippen LogP contribution in [0.2, 0.25) is 0 Å². The average molecular weight is 321 g/mol. The standard InChI is InChI=1S/C16H30N2O3.Na/c1-2-3-4-5-6-7-8-9-15-17(12-13-19)10-11-18(15)14-16(20)21;/h19H,2-14H2,1H3;/q;+1. The number of hydrogen-bond donors (Lipinski definition) is 1. The van der Waals surface area contributed by atoms with Gasteiger partial charge in [-0.15, -0.1) is 0 Å². The minimum atomic E-state index is -1.03. The summed E-state index contributed by atoms with van der Waals surface area (Å²) < 4.78 is 1.89. The molecule has 0 unspecified atom stereocenters. The zero-order valence-electron chi connectivity index (χ0n) is 14.4. The molecule has 6 heteroatoms. The van der Waals surface area contributed by atoms with E-state index < -0.39 is 5.97 Å². The third kappa shape index (κ3) is 8.51. The minimum Gasteiger partial charge on any atom is -0.546 e. The summed E-state index contributed by atoms with van der Waals surface area (Å²) in [7, 11) is 0. The summed E-state index contributed by atoms with van der Waals surface area (Å²) in [6.45, 7) is 4.42. The number of aliphatic hydroxyl groups excluding tert-OH is 1. The first-order valence-corrected chi connectivity index (χ1v) is 8.35. The maximum Gasteiger partial charge on any atom is 1.00 e. The van der Waals surface area contributed by atoms with Gasteiger partial charge in [-0.1, -0.05) is 45.4 Å². The number of rotatable bonds is 12. The monoisotopic (exact) mass is 321 g/mol. The Labute approximate surface area is 156 Å². The molecule has 0 radical (unpaired) electrons. The smallest absolute Gasteiger partial charge is 0.546 e. The van der Waals surface area contributed by atoms with Crippen LogP contribution in [0.5, 0.6) is 0 Å². The molecule has 1 rings (SSSR count). The predicted molar refractivity (Wildman–Crippen MR) is 81.3 cm³/mol. The molecule has 0 aromatic carbocycles. The van der Waals surface area contributed by atoms with Crippen LogP contribution >= 0.6 is 0 Å².